The third kappa shape index (κ3) is 3.28. The van der Waals surface area contributed by atoms with Crippen molar-refractivity contribution in [3.63, 3.8) is 0 Å². The van der Waals surface area contributed by atoms with Gasteiger partial charge in [-0.05, 0) is 36.5 Å². The van der Waals surface area contributed by atoms with E-state index in [0.29, 0.717) is 23.3 Å². The fourth-order valence-electron chi connectivity index (χ4n) is 2.61. The highest BCUT2D eigenvalue weighted by atomic mass is 35.5. The highest BCUT2D eigenvalue weighted by Gasteiger charge is 2.45. The first-order valence-corrected chi connectivity index (χ1v) is 7.96. The maximum Gasteiger partial charge on any atom is 0.309 e. The zero-order valence-electron chi connectivity index (χ0n) is 12.1. The summed E-state index contributed by atoms with van der Waals surface area (Å²) in [7, 11) is 0. The van der Waals surface area contributed by atoms with Crippen molar-refractivity contribution < 1.29 is 9.53 Å². The Bertz CT molecular complexity index is 699. The zero-order chi connectivity index (χ0) is 15.7. The molecule has 0 bridgehead atoms. The largest absolute Gasteiger partial charge is 0.466 e. The summed E-state index contributed by atoms with van der Waals surface area (Å²) in [5.74, 6) is 0.100. The SMILES string of the molecule is CCOC(=O)C1CC1c1ccc(Cn2cnc(Cl)c2)c(Cl)c1. The second-order valence-corrected chi connectivity index (χ2v) is 6.21. The molecule has 2 atom stereocenters. The molecule has 1 aliphatic carbocycles. The summed E-state index contributed by atoms with van der Waals surface area (Å²) in [5, 5.41) is 1.15. The van der Waals surface area contributed by atoms with Gasteiger partial charge in [0.05, 0.1) is 25.4 Å². The maximum atomic E-state index is 11.7. The Morgan fingerprint density at radius 1 is 1.45 bits per heavy atom. The van der Waals surface area contributed by atoms with E-state index in [9.17, 15) is 4.79 Å². The molecule has 1 saturated carbocycles. The van der Waals surface area contributed by atoms with E-state index in [1.165, 1.54) is 0 Å². The van der Waals surface area contributed by atoms with Gasteiger partial charge in [0, 0.05) is 11.2 Å². The van der Waals surface area contributed by atoms with Crippen LogP contribution in [-0.2, 0) is 16.1 Å². The summed E-state index contributed by atoms with van der Waals surface area (Å²) >= 11 is 12.2. The number of esters is 1. The van der Waals surface area contributed by atoms with Gasteiger partial charge in [-0.25, -0.2) is 4.98 Å². The van der Waals surface area contributed by atoms with Crippen molar-refractivity contribution in [2.24, 2.45) is 5.92 Å². The average molecular weight is 339 g/mol. The van der Waals surface area contributed by atoms with E-state index < -0.39 is 0 Å². The minimum absolute atomic E-state index is 0.0191. The van der Waals surface area contributed by atoms with E-state index in [1.54, 1.807) is 12.5 Å². The van der Waals surface area contributed by atoms with Gasteiger partial charge >= 0.3 is 5.97 Å². The number of ether oxygens (including phenoxy) is 1. The Hall–Kier alpha value is -1.52. The fourth-order valence-corrected chi connectivity index (χ4v) is 3.03. The van der Waals surface area contributed by atoms with E-state index in [-0.39, 0.29) is 17.8 Å². The van der Waals surface area contributed by atoms with Crippen LogP contribution in [0.25, 0.3) is 0 Å². The lowest BCUT2D eigenvalue weighted by Crippen LogP contribution is -2.07. The number of nitrogens with zero attached hydrogens (tertiary/aromatic N) is 2. The molecule has 22 heavy (non-hydrogen) atoms. The molecular formula is C16H16Cl2N2O2. The molecule has 1 heterocycles. The smallest absolute Gasteiger partial charge is 0.309 e. The van der Waals surface area contributed by atoms with Crippen molar-refractivity contribution in [1.29, 1.82) is 0 Å². The summed E-state index contributed by atoms with van der Waals surface area (Å²) in [6, 6.07) is 5.97. The number of hydrogen-bond donors (Lipinski definition) is 0. The van der Waals surface area contributed by atoms with Gasteiger partial charge in [0.25, 0.3) is 0 Å². The molecule has 2 aromatic rings. The van der Waals surface area contributed by atoms with Crippen molar-refractivity contribution in [2.45, 2.75) is 25.8 Å². The number of halogens is 2. The summed E-state index contributed by atoms with van der Waals surface area (Å²) in [6.07, 6.45) is 4.26. The Labute approximate surface area is 139 Å². The highest BCUT2D eigenvalue weighted by molar-refractivity contribution is 6.31. The molecule has 2 unspecified atom stereocenters. The lowest BCUT2D eigenvalue weighted by Gasteiger charge is -2.08. The third-order valence-electron chi connectivity index (χ3n) is 3.84. The number of imidazole rings is 1. The quantitative estimate of drug-likeness (QED) is 0.776. The number of benzene rings is 1. The van der Waals surface area contributed by atoms with E-state index in [0.717, 1.165) is 17.5 Å². The van der Waals surface area contributed by atoms with Crippen LogP contribution < -0.4 is 0 Å². The molecule has 0 N–H and O–H groups in total. The molecule has 1 fully saturated rings. The summed E-state index contributed by atoms with van der Waals surface area (Å²) < 4.78 is 6.93. The predicted octanol–water partition coefficient (Wildman–Crippen LogP) is 3.90. The van der Waals surface area contributed by atoms with E-state index in [4.69, 9.17) is 27.9 Å². The van der Waals surface area contributed by atoms with Crippen molar-refractivity contribution in [3.05, 3.63) is 52.0 Å². The molecule has 6 heteroatoms. The molecule has 0 radical (unpaired) electrons. The average Bonchev–Trinajstić information content (AvgIpc) is 3.18. The van der Waals surface area contributed by atoms with Gasteiger partial charge < -0.3 is 9.30 Å². The van der Waals surface area contributed by atoms with Crippen LogP contribution in [0, 0.1) is 5.92 Å². The van der Waals surface area contributed by atoms with Crippen LogP contribution in [0.4, 0.5) is 0 Å². The number of rotatable bonds is 5. The van der Waals surface area contributed by atoms with Crippen LogP contribution >= 0.6 is 23.2 Å². The summed E-state index contributed by atoms with van der Waals surface area (Å²) in [4.78, 5) is 15.7. The zero-order valence-corrected chi connectivity index (χ0v) is 13.6. The first kappa shape index (κ1) is 15.4. The standard InChI is InChI=1S/C16H16Cl2N2O2/c1-2-22-16(21)13-6-12(13)10-3-4-11(14(17)5-10)7-20-8-15(18)19-9-20/h3-5,8-9,12-13H,2,6-7H2,1H3. The predicted molar refractivity (Wildman–Crippen MR) is 85.3 cm³/mol. The Kier molecular flexibility index (Phi) is 4.41. The van der Waals surface area contributed by atoms with Gasteiger partial charge in [-0.3, -0.25) is 4.79 Å². The summed E-state index contributed by atoms with van der Waals surface area (Å²) in [5.41, 5.74) is 2.09. The molecular weight excluding hydrogens is 323 g/mol. The van der Waals surface area contributed by atoms with Crippen LogP contribution in [-0.4, -0.2) is 22.1 Å². The van der Waals surface area contributed by atoms with Crippen molar-refractivity contribution >= 4 is 29.2 Å². The molecule has 0 spiro atoms. The molecule has 4 nitrogen and oxygen atoms in total. The van der Waals surface area contributed by atoms with Crippen molar-refractivity contribution in [1.82, 2.24) is 9.55 Å². The second-order valence-electron chi connectivity index (χ2n) is 5.42. The fraction of sp³-hybridized carbons (Fsp3) is 0.375. The van der Waals surface area contributed by atoms with Gasteiger partial charge in [-0.15, -0.1) is 0 Å². The van der Waals surface area contributed by atoms with Crippen molar-refractivity contribution in [2.75, 3.05) is 6.61 Å². The second kappa shape index (κ2) is 6.31. The van der Waals surface area contributed by atoms with Crippen LogP contribution in [0.5, 0.6) is 0 Å². The molecule has 116 valence electrons. The molecule has 0 saturated heterocycles. The Balaban J connectivity index is 1.69. The minimum Gasteiger partial charge on any atom is -0.466 e. The number of aromatic nitrogens is 2. The minimum atomic E-state index is -0.110. The molecule has 0 aliphatic heterocycles. The molecule has 1 aromatic heterocycles. The molecule has 1 aromatic carbocycles. The van der Waals surface area contributed by atoms with Gasteiger partial charge in [0.1, 0.15) is 5.15 Å². The first-order chi connectivity index (χ1) is 10.6. The number of hydrogen-bond acceptors (Lipinski definition) is 3. The topological polar surface area (TPSA) is 44.1 Å². The molecule has 3 rings (SSSR count). The first-order valence-electron chi connectivity index (χ1n) is 7.20. The molecule has 0 amide bonds. The van der Waals surface area contributed by atoms with Crippen LogP contribution in [0.2, 0.25) is 10.2 Å². The lowest BCUT2D eigenvalue weighted by molar-refractivity contribution is -0.144. The van der Waals surface area contributed by atoms with Gasteiger partial charge in [-0.1, -0.05) is 35.3 Å². The van der Waals surface area contributed by atoms with Gasteiger partial charge in [-0.2, -0.15) is 0 Å². The third-order valence-corrected chi connectivity index (χ3v) is 4.39. The Morgan fingerprint density at radius 2 is 2.27 bits per heavy atom. The Morgan fingerprint density at radius 3 is 2.91 bits per heavy atom. The monoisotopic (exact) mass is 338 g/mol. The van der Waals surface area contributed by atoms with Crippen LogP contribution in [0.15, 0.2) is 30.7 Å². The maximum absolute atomic E-state index is 11.7. The van der Waals surface area contributed by atoms with E-state index in [1.807, 2.05) is 29.7 Å². The van der Waals surface area contributed by atoms with E-state index >= 15 is 0 Å². The molecule has 1 aliphatic rings. The van der Waals surface area contributed by atoms with Gasteiger partial charge in [0.15, 0.2) is 0 Å². The summed E-state index contributed by atoms with van der Waals surface area (Å²) in [6.45, 7) is 2.86. The van der Waals surface area contributed by atoms with Crippen LogP contribution in [0.1, 0.15) is 30.4 Å². The normalized spacial score (nSPS) is 20.0. The highest BCUT2D eigenvalue weighted by Crippen LogP contribution is 2.48. The number of carbonyl (C=O) groups is 1. The van der Waals surface area contributed by atoms with Gasteiger partial charge in [0.2, 0.25) is 0 Å². The van der Waals surface area contributed by atoms with Crippen LogP contribution in [0.3, 0.4) is 0 Å². The lowest BCUT2D eigenvalue weighted by atomic mass is 10.1. The number of carbonyl (C=O) groups excluding carboxylic acids is 1. The van der Waals surface area contributed by atoms with E-state index in [2.05, 4.69) is 4.98 Å². The van der Waals surface area contributed by atoms with Crippen molar-refractivity contribution in [3.8, 4) is 0 Å².